The van der Waals surface area contributed by atoms with Gasteiger partial charge in [-0.25, -0.2) is 4.79 Å². The monoisotopic (exact) mass is 973 g/mol. The fourth-order valence-corrected chi connectivity index (χ4v) is 7.49. The van der Waals surface area contributed by atoms with E-state index in [2.05, 4.69) is 41.6 Å². The van der Waals surface area contributed by atoms with Crippen LogP contribution in [0.2, 0.25) is 0 Å². The number of aliphatic imine (C=N–C) groups is 3. The number of amides is 6. The number of benzene rings is 1. The van der Waals surface area contributed by atoms with Crippen molar-refractivity contribution in [2.24, 2.45) is 66.9 Å². The number of aliphatic carboxylic acids is 1. The summed E-state index contributed by atoms with van der Waals surface area (Å²) in [7, 11) is 0. The molecule has 0 spiro atoms. The van der Waals surface area contributed by atoms with Gasteiger partial charge >= 0.3 is 5.97 Å². The molecule has 1 heterocycles. The molecule has 8 atom stereocenters. The molecule has 1 saturated heterocycles. The minimum atomic E-state index is -1.32. The fourth-order valence-electron chi connectivity index (χ4n) is 7.49. The maximum atomic E-state index is 14.6. The molecule has 21 N–H and O–H groups in total. The van der Waals surface area contributed by atoms with E-state index in [1.807, 2.05) is 13.8 Å². The Kier molecular flexibility index (Phi) is 25.1. The highest BCUT2D eigenvalue weighted by Gasteiger charge is 2.40. The third kappa shape index (κ3) is 21.3. The number of carbonyl (C=O) groups is 7. The van der Waals surface area contributed by atoms with Crippen LogP contribution in [0.3, 0.4) is 0 Å². The third-order valence-corrected chi connectivity index (χ3v) is 11.4. The van der Waals surface area contributed by atoms with Gasteiger partial charge in [-0.3, -0.25) is 43.7 Å². The molecule has 1 fully saturated rings. The third-order valence-electron chi connectivity index (χ3n) is 11.4. The normalized spacial score (nSPS) is 16.3. The number of nitrogens with two attached hydrogens (primary N) is 7. The van der Waals surface area contributed by atoms with Crippen molar-refractivity contribution in [3.05, 3.63) is 29.8 Å². The van der Waals surface area contributed by atoms with E-state index in [4.69, 9.17) is 40.1 Å². The zero-order valence-corrected chi connectivity index (χ0v) is 40.2. The van der Waals surface area contributed by atoms with Gasteiger partial charge in [0.2, 0.25) is 35.4 Å². The number of carboxylic acid groups (broad SMARTS) is 1. The van der Waals surface area contributed by atoms with Gasteiger partial charge in [-0.15, -0.1) is 0 Å². The number of likely N-dealkylation sites (tertiary alicyclic amines) is 1. The topological polar surface area (TPSA) is 443 Å². The van der Waals surface area contributed by atoms with Crippen molar-refractivity contribution in [2.75, 3.05) is 26.2 Å². The molecule has 25 nitrogen and oxygen atoms in total. The number of phenolic OH excluding ortho intramolecular Hbond substituents is 1. The van der Waals surface area contributed by atoms with E-state index >= 15 is 0 Å². The first-order valence-electron chi connectivity index (χ1n) is 23.3. The highest BCUT2D eigenvalue weighted by Crippen LogP contribution is 2.21. The van der Waals surface area contributed by atoms with Crippen molar-refractivity contribution >= 4 is 59.3 Å². The number of carboxylic acids is 1. The Bertz CT molecular complexity index is 1950. The molecule has 0 bridgehead atoms. The Morgan fingerprint density at radius 2 is 1.19 bits per heavy atom. The Hall–Kier alpha value is -6.92. The molecule has 6 amide bonds. The van der Waals surface area contributed by atoms with Gasteiger partial charge in [0.1, 0.15) is 42.0 Å². The van der Waals surface area contributed by atoms with Crippen LogP contribution in [0.15, 0.2) is 39.2 Å². The van der Waals surface area contributed by atoms with E-state index in [1.54, 1.807) is 26.0 Å². The summed E-state index contributed by atoms with van der Waals surface area (Å²) in [5.41, 5.74) is 39.5. The minimum Gasteiger partial charge on any atom is -0.508 e. The zero-order chi connectivity index (χ0) is 51.8. The molecular formula is C44H76N16O9. The number of nitrogens with one attached hydrogen (secondary N) is 5. The van der Waals surface area contributed by atoms with E-state index in [9.17, 15) is 43.8 Å². The van der Waals surface area contributed by atoms with Crippen molar-refractivity contribution in [3.63, 3.8) is 0 Å². The largest absolute Gasteiger partial charge is 0.508 e. The maximum absolute atomic E-state index is 14.6. The standard InChI is InChI=1S/C44H76N16O9/c1-5-25(4)34(39(66)58-32(41(68)69)22-24(2)3)59-37(64)31(23-26-14-16-27(61)17-15-26)57-38(65)33-13-9-21-60(33)40(67)30(12-8-20-54-44(50)51)56-36(63)29(11-7-19-53-43(48)49)55-35(62)28(45)10-6-18-52-42(46)47/h14-17,24-25,28-34,61H,5-13,18-23,45H2,1-4H3,(H,55,62)(H,56,63)(H,57,65)(H,58,66)(H,59,64)(H,68,69)(H4,46,47,52)(H4,48,49,53)(H4,50,51,54)/t25-,28-,29-,30-,31-,32-,33-,34-/m0/s1. The number of guanidine groups is 3. The van der Waals surface area contributed by atoms with Crippen molar-refractivity contribution in [1.29, 1.82) is 0 Å². The van der Waals surface area contributed by atoms with Gasteiger partial charge in [-0.1, -0.05) is 46.2 Å². The van der Waals surface area contributed by atoms with Crippen LogP contribution in [0, 0.1) is 11.8 Å². The van der Waals surface area contributed by atoms with Crippen LogP contribution in [0.5, 0.6) is 5.75 Å². The van der Waals surface area contributed by atoms with Gasteiger partial charge in [-0.2, -0.15) is 0 Å². The zero-order valence-electron chi connectivity index (χ0n) is 40.2. The van der Waals surface area contributed by atoms with E-state index in [0.29, 0.717) is 24.8 Å². The van der Waals surface area contributed by atoms with Crippen LogP contribution in [-0.2, 0) is 40.0 Å². The summed E-state index contributed by atoms with van der Waals surface area (Å²) in [4.78, 5) is 109. The first-order chi connectivity index (χ1) is 32.5. The van der Waals surface area contributed by atoms with Gasteiger partial charge in [0.15, 0.2) is 17.9 Å². The lowest BCUT2D eigenvalue weighted by molar-refractivity contribution is -0.143. The summed E-state index contributed by atoms with van der Waals surface area (Å²) in [5, 5.41) is 33.2. The van der Waals surface area contributed by atoms with E-state index in [1.165, 1.54) is 17.0 Å². The molecule has 2 rings (SSSR count). The molecule has 0 saturated carbocycles. The predicted octanol–water partition coefficient (Wildman–Crippen LogP) is -2.99. The summed E-state index contributed by atoms with van der Waals surface area (Å²) < 4.78 is 0. The fraction of sp³-hybridized carbons (Fsp3) is 0.636. The first-order valence-corrected chi connectivity index (χ1v) is 23.3. The number of phenols is 1. The lowest BCUT2D eigenvalue weighted by Crippen LogP contribution is -2.60. The lowest BCUT2D eigenvalue weighted by Gasteiger charge is -2.31. The highest BCUT2D eigenvalue weighted by atomic mass is 16.4. The molecule has 0 unspecified atom stereocenters. The Labute approximate surface area is 403 Å². The van der Waals surface area contributed by atoms with Crippen molar-refractivity contribution < 1.29 is 43.8 Å². The molecule has 1 aliphatic rings. The average Bonchev–Trinajstić information content (AvgIpc) is 3.78. The quantitative estimate of drug-likeness (QED) is 0.0208. The Morgan fingerprint density at radius 1 is 0.681 bits per heavy atom. The number of carbonyl (C=O) groups excluding carboxylic acids is 6. The molecule has 69 heavy (non-hydrogen) atoms. The highest BCUT2D eigenvalue weighted by molar-refractivity contribution is 5.97. The van der Waals surface area contributed by atoms with Gasteiger partial charge in [-0.05, 0) is 87.3 Å². The molecular weight excluding hydrogens is 897 g/mol. The lowest BCUT2D eigenvalue weighted by atomic mass is 9.96. The second-order valence-corrected chi connectivity index (χ2v) is 17.6. The van der Waals surface area contributed by atoms with E-state index < -0.39 is 89.6 Å². The molecule has 25 heteroatoms. The summed E-state index contributed by atoms with van der Waals surface area (Å²) in [5.74, 6) is -6.42. The van der Waals surface area contributed by atoms with Gasteiger partial charge < -0.3 is 81.8 Å². The van der Waals surface area contributed by atoms with Crippen molar-refractivity contribution in [1.82, 2.24) is 31.5 Å². The number of nitrogens with zero attached hydrogens (tertiary/aromatic N) is 4. The van der Waals surface area contributed by atoms with E-state index in [-0.39, 0.29) is 107 Å². The molecule has 1 aliphatic heterocycles. The van der Waals surface area contributed by atoms with E-state index in [0.717, 1.165) is 0 Å². The summed E-state index contributed by atoms with van der Waals surface area (Å²) in [6.45, 7) is 7.71. The van der Waals surface area contributed by atoms with Gasteiger partial charge in [0, 0.05) is 32.6 Å². The Balaban J connectivity index is 2.46. The number of aromatic hydroxyl groups is 1. The average molecular weight is 973 g/mol. The van der Waals surface area contributed by atoms with Gasteiger partial charge in [0.05, 0.1) is 6.04 Å². The number of hydrogen-bond acceptors (Lipinski definition) is 12. The Morgan fingerprint density at radius 3 is 1.71 bits per heavy atom. The van der Waals surface area contributed by atoms with Crippen LogP contribution in [0.1, 0.15) is 97.5 Å². The molecule has 0 radical (unpaired) electrons. The molecule has 0 aliphatic carbocycles. The van der Waals surface area contributed by atoms with Gasteiger partial charge in [0.25, 0.3) is 0 Å². The molecule has 1 aromatic rings. The van der Waals surface area contributed by atoms with Crippen LogP contribution in [0.4, 0.5) is 0 Å². The molecule has 1 aromatic carbocycles. The van der Waals surface area contributed by atoms with Crippen LogP contribution in [-0.4, -0.2) is 143 Å². The minimum absolute atomic E-state index is 0.00994. The first kappa shape index (κ1) is 58.2. The SMILES string of the molecule is CC[C@H](C)[C@H](NC(=O)[C@H](Cc1ccc(O)cc1)NC(=O)[C@@H]1CCCN1C(=O)[C@H](CCCN=C(N)N)NC(=O)[C@H](CCCN=C(N)N)NC(=O)[C@@H](N)CCCN=C(N)N)C(=O)N[C@@H](CC(C)C)C(=O)O. The van der Waals surface area contributed by atoms with Crippen LogP contribution >= 0.6 is 0 Å². The second-order valence-electron chi connectivity index (χ2n) is 17.6. The molecule has 0 aromatic heterocycles. The van der Waals surface area contributed by atoms with Crippen molar-refractivity contribution in [3.8, 4) is 5.75 Å². The van der Waals surface area contributed by atoms with Crippen LogP contribution in [0.25, 0.3) is 0 Å². The maximum Gasteiger partial charge on any atom is 0.326 e. The predicted molar refractivity (Wildman–Crippen MR) is 260 cm³/mol. The summed E-state index contributed by atoms with van der Waals surface area (Å²) >= 11 is 0. The van der Waals surface area contributed by atoms with Crippen LogP contribution < -0.4 is 66.7 Å². The summed E-state index contributed by atoms with van der Waals surface area (Å²) in [6, 6.07) is -2.38. The second kappa shape index (κ2) is 29.8. The molecule has 386 valence electrons. The number of rotatable bonds is 30. The summed E-state index contributed by atoms with van der Waals surface area (Å²) in [6.07, 6.45) is 2.12. The van der Waals surface area contributed by atoms with Crippen molar-refractivity contribution in [2.45, 2.75) is 141 Å². The number of hydrogen-bond donors (Lipinski definition) is 14. The smallest absolute Gasteiger partial charge is 0.326 e.